The van der Waals surface area contributed by atoms with Crippen molar-refractivity contribution < 1.29 is 4.39 Å². The van der Waals surface area contributed by atoms with Crippen molar-refractivity contribution in [3.63, 3.8) is 0 Å². The number of nitriles is 1. The maximum absolute atomic E-state index is 13.3. The first kappa shape index (κ1) is 12.5. The van der Waals surface area contributed by atoms with E-state index in [9.17, 15) is 4.39 Å². The quantitative estimate of drug-likeness (QED) is 0.842. The molecule has 0 bridgehead atoms. The summed E-state index contributed by atoms with van der Waals surface area (Å²) in [5.41, 5.74) is 0.811. The monoisotopic (exact) mass is 220 g/mol. The van der Waals surface area contributed by atoms with E-state index in [-0.39, 0.29) is 11.6 Å². The highest BCUT2D eigenvalue weighted by Crippen LogP contribution is 2.17. The van der Waals surface area contributed by atoms with Gasteiger partial charge in [-0.25, -0.2) is 4.39 Å². The van der Waals surface area contributed by atoms with Crippen LogP contribution in [0.25, 0.3) is 0 Å². The first-order chi connectivity index (χ1) is 7.58. The first-order valence-corrected chi connectivity index (χ1v) is 5.54. The number of nitrogens with one attached hydrogen (secondary N) is 1. The molecule has 0 amide bonds. The third kappa shape index (κ3) is 2.96. The Kier molecular flexibility index (Phi) is 4.30. The highest BCUT2D eigenvalue weighted by molar-refractivity contribution is 5.48. The molecule has 0 aliphatic carbocycles. The average Bonchev–Trinajstić information content (AvgIpc) is 2.28. The molecule has 0 heterocycles. The molecule has 2 atom stereocenters. The molecule has 1 N–H and O–H groups in total. The van der Waals surface area contributed by atoms with Crippen molar-refractivity contribution in [2.45, 2.75) is 33.2 Å². The van der Waals surface area contributed by atoms with Crippen molar-refractivity contribution in [1.29, 1.82) is 5.26 Å². The van der Waals surface area contributed by atoms with Crippen LogP contribution in [0.5, 0.6) is 0 Å². The van der Waals surface area contributed by atoms with Gasteiger partial charge in [-0.05, 0) is 31.0 Å². The van der Waals surface area contributed by atoms with E-state index < -0.39 is 5.82 Å². The second-order valence-corrected chi connectivity index (χ2v) is 4.12. The van der Waals surface area contributed by atoms with E-state index >= 15 is 0 Å². The Morgan fingerprint density at radius 1 is 1.44 bits per heavy atom. The Hall–Kier alpha value is -1.56. The highest BCUT2D eigenvalue weighted by Gasteiger charge is 2.10. The average molecular weight is 220 g/mol. The maximum Gasteiger partial charge on any atom is 0.143 e. The van der Waals surface area contributed by atoms with Gasteiger partial charge >= 0.3 is 0 Å². The zero-order valence-corrected chi connectivity index (χ0v) is 9.92. The third-order valence-corrected chi connectivity index (χ3v) is 2.98. The Labute approximate surface area is 96.1 Å². The molecule has 2 unspecified atom stereocenters. The van der Waals surface area contributed by atoms with Crippen molar-refractivity contribution in [2.75, 3.05) is 5.32 Å². The summed E-state index contributed by atoms with van der Waals surface area (Å²) in [6.45, 7) is 6.35. The van der Waals surface area contributed by atoms with Crippen LogP contribution in [0.4, 0.5) is 10.1 Å². The molecule has 0 aliphatic rings. The van der Waals surface area contributed by atoms with Crippen LogP contribution in [0, 0.1) is 23.1 Å². The van der Waals surface area contributed by atoms with Crippen LogP contribution in [0.3, 0.4) is 0 Å². The summed E-state index contributed by atoms with van der Waals surface area (Å²) >= 11 is 0. The molecule has 0 fully saturated rings. The van der Waals surface area contributed by atoms with Gasteiger partial charge < -0.3 is 5.32 Å². The van der Waals surface area contributed by atoms with Crippen molar-refractivity contribution in [2.24, 2.45) is 5.92 Å². The van der Waals surface area contributed by atoms with E-state index in [0.29, 0.717) is 5.92 Å². The first-order valence-electron chi connectivity index (χ1n) is 5.54. The van der Waals surface area contributed by atoms with Crippen LogP contribution in [0.2, 0.25) is 0 Å². The zero-order valence-electron chi connectivity index (χ0n) is 9.92. The Morgan fingerprint density at radius 3 is 2.62 bits per heavy atom. The van der Waals surface area contributed by atoms with Crippen LogP contribution in [0.1, 0.15) is 32.8 Å². The molecule has 0 saturated carbocycles. The number of nitrogens with zero attached hydrogens (tertiary/aromatic N) is 1. The van der Waals surface area contributed by atoms with Crippen LogP contribution in [-0.2, 0) is 0 Å². The fraction of sp³-hybridized carbons (Fsp3) is 0.462. The highest BCUT2D eigenvalue weighted by atomic mass is 19.1. The minimum Gasteiger partial charge on any atom is -0.382 e. The van der Waals surface area contributed by atoms with E-state index in [1.807, 2.05) is 0 Å². The van der Waals surface area contributed by atoms with Crippen molar-refractivity contribution in [1.82, 2.24) is 0 Å². The third-order valence-electron chi connectivity index (χ3n) is 2.98. The van der Waals surface area contributed by atoms with E-state index in [0.717, 1.165) is 12.1 Å². The predicted molar refractivity (Wildman–Crippen MR) is 63.7 cm³/mol. The summed E-state index contributed by atoms with van der Waals surface area (Å²) in [7, 11) is 0. The summed E-state index contributed by atoms with van der Waals surface area (Å²) < 4.78 is 13.3. The van der Waals surface area contributed by atoms with Crippen molar-refractivity contribution >= 4 is 5.69 Å². The predicted octanol–water partition coefficient (Wildman–Crippen LogP) is 3.54. The lowest BCUT2D eigenvalue weighted by atomic mass is 10.0. The topological polar surface area (TPSA) is 35.8 Å². The molecule has 86 valence electrons. The molecule has 0 saturated heterocycles. The standard InChI is InChI=1S/C13H17FN2/c1-4-9(2)10(3)16-12-6-5-11(8-15)13(14)7-12/h5-7,9-10,16H,4H2,1-3H3. The summed E-state index contributed by atoms with van der Waals surface area (Å²) in [5.74, 6) is 0.0579. The smallest absolute Gasteiger partial charge is 0.143 e. The number of benzene rings is 1. The number of anilines is 1. The molecule has 1 aromatic carbocycles. The molecular formula is C13H17FN2. The zero-order chi connectivity index (χ0) is 12.1. The Balaban J connectivity index is 2.76. The lowest BCUT2D eigenvalue weighted by Crippen LogP contribution is -2.23. The normalized spacial score (nSPS) is 13.9. The van der Waals surface area contributed by atoms with Crippen LogP contribution >= 0.6 is 0 Å². The molecule has 2 nitrogen and oxygen atoms in total. The number of hydrogen-bond donors (Lipinski definition) is 1. The van der Waals surface area contributed by atoms with Crippen molar-refractivity contribution in [3.05, 3.63) is 29.6 Å². The van der Waals surface area contributed by atoms with E-state index in [1.165, 1.54) is 12.1 Å². The molecule has 3 heteroatoms. The van der Waals surface area contributed by atoms with Gasteiger partial charge in [0.2, 0.25) is 0 Å². The minimum atomic E-state index is -0.469. The lowest BCUT2D eigenvalue weighted by Gasteiger charge is -2.21. The maximum atomic E-state index is 13.3. The van der Waals surface area contributed by atoms with Gasteiger partial charge in [0, 0.05) is 11.7 Å². The summed E-state index contributed by atoms with van der Waals surface area (Å²) in [6, 6.07) is 6.71. The SMILES string of the molecule is CCC(C)C(C)Nc1ccc(C#N)c(F)c1. The molecule has 0 aliphatic heterocycles. The molecule has 16 heavy (non-hydrogen) atoms. The second-order valence-electron chi connectivity index (χ2n) is 4.12. The Morgan fingerprint density at radius 2 is 2.12 bits per heavy atom. The minimum absolute atomic E-state index is 0.0849. The van der Waals surface area contributed by atoms with Crippen LogP contribution in [0.15, 0.2) is 18.2 Å². The Bertz CT molecular complexity index is 395. The fourth-order valence-electron chi connectivity index (χ4n) is 1.45. The fourth-order valence-corrected chi connectivity index (χ4v) is 1.45. The molecule has 0 aromatic heterocycles. The largest absolute Gasteiger partial charge is 0.382 e. The second kappa shape index (κ2) is 5.50. The molecule has 1 rings (SSSR count). The number of halogens is 1. The number of hydrogen-bond acceptors (Lipinski definition) is 2. The number of rotatable bonds is 4. The van der Waals surface area contributed by atoms with Gasteiger partial charge in [-0.2, -0.15) is 5.26 Å². The van der Waals surface area contributed by atoms with Gasteiger partial charge in [-0.3, -0.25) is 0 Å². The van der Waals surface area contributed by atoms with Gasteiger partial charge in [0.25, 0.3) is 0 Å². The summed E-state index contributed by atoms with van der Waals surface area (Å²) in [6.07, 6.45) is 1.08. The van der Waals surface area contributed by atoms with Crippen LogP contribution < -0.4 is 5.32 Å². The van der Waals surface area contributed by atoms with Gasteiger partial charge in [-0.1, -0.05) is 20.3 Å². The molecule has 1 aromatic rings. The van der Waals surface area contributed by atoms with Gasteiger partial charge in [0.15, 0.2) is 0 Å². The van der Waals surface area contributed by atoms with E-state index in [1.54, 1.807) is 12.1 Å². The van der Waals surface area contributed by atoms with Gasteiger partial charge in [0.05, 0.1) is 5.56 Å². The summed E-state index contributed by atoms with van der Waals surface area (Å²) in [5, 5.41) is 11.8. The molecular weight excluding hydrogens is 203 g/mol. The van der Waals surface area contributed by atoms with E-state index in [2.05, 4.69) is 26.1 Å². The van der Waals surface area contributed by atoms with Crippen LogP contribution in [-0.4, -0.2) is 6.04 Å². The lowest BCUT2D eigenvalue weighted by molar-refractivity contribution is 0.494. The molecule has 0 spiro atoms. The van der Waals surface area contributed by atoms with Crippen molar-refractivity contribution in [3.8, 4) is 6.07 Å². The summed E-state index contributed by atoms with van der Waals surface area (Å²) in [4.78, 5) is 0. The van der Waals surface area contributed by atoms with Gasteiger partial charge in [-0.15, -0.1) is 0 Å². The van der Waals surface area contributed by atoms with Gasteiger partial charge in [0.1, 0.15) is 11.9 Å². The van der Waals surface area contributed by atoms with E-state index in [4.69, 9.17) is 5.26 Å². The molecule has 0 radical (unpaired) electrons.